The van der Waals surface area contributed by atoms with Gasteiger partial charge in [-0.3, -0.25) is 0 Å². The Morgan fingerprint density at radius 1 is 1.33 bits per heavy atom. The lowest BCUT2D eigenvalue weighted by atomic mass is 10.1. The summed E-state index contributed by atoms with van der Waals surface area (Å²) in [6, 6.07) is 6.40. The predicted octanol–water partition coefficient (Wildman–Crippen LogP) is 4.32. The van der Waals surface area contributed by atoms with E-state index in [1.807, 2.05) is 19.9 Å². The van der Waals surface area contributed by atoms with Gasteiger partial charge < -0.3 is 5.32 Å². The molecule has 0 aliphatic heterocycles. The van der Waals surface area contributed by atoms with E-state index in [9.17, 15) is 13.2 Å². The van der Waals surface area contributed by atoms with E-state index in [1.165, 1.54) is 10.9 Å². The molecule has 1 aromatic heterocycles. The van der Waals surface area contributed by atoms with E-state index in [-0.39, 0.29) is 6.04 Å². The molecule has 0 bridgehead atoms. The molecule has 0 saturated carbocycles. The van der Waals surface area contributed by atoms with E-state index in [0.717, 1.165) is 22.6 Å². The average molecular weight is 362 g/mol. The molecule has 7 heteroatoms. The molecule has 114 valence electrons. The third kappa shape index (κ3) is 3.65. The fourth-order valence-electron chi connectivity index (χ4n) is 2.11. The van der Waals surface area contributed by atoms with Gasteiger partial charge >= 0.3 is 6.18 Å². The number of benzene rings is 1. The standard InChI is InChI=1S/C14H15BrF3N3/c1-3-19-9(2)11-8-10(15)4-5-12(11)21-7-6-13(20-21)14(16,17)18/h4-9,19H,3H2,1-2H3. The van der Waals surface area contributed by atoms with Crippen LogP contribution in [-0.2, 0) is 6.18 Å². The Balaban J connectivity index is 2.46. The number of halogens is 4. The second-order valence-electron chi connectivity index (χ2n) is 4.63. The number of nitrogens with one attached hydrogen (secondary N) is 1. The van der Waals surface area contributed by atoms with Crippen molar-refractivity contribution < 1.29 is 13.2 Å². The van der Waals surface area contributed by atoms with Crippen molar-refractivity contribution in [1.29, 1.82) is 0 Å². The summed E-state index contributed by atoms with van der Waals surface area (Å²) >= 11 is 3.39. The van der Waals surface area contributed by atoms with Gasteiger partial charge in [-0.2, -0.15) is 18.3 Å². The zero-order chi connectivity index (χ0) is 15.6. The Morgan fingerprint density at radius 3 is 2.62 bits per heavy atom. The molecule has 0 radical (unpaired) electrons. The molecule has 0 fully saturated rings. The van der Waals surface area contributed by atoms with Gasteiger partial charge in [-0.15, -0.1) is 0 Å². The van der Waals surface area contributed by atoms with E-state index in [0.29, 0.717) is 5.69 Å². The zero-order valence-corrected chi connectivity index (χ0v) is 13.2. The molecule has 3 nitrogen and oxygen atoms in total. The summed E-state index contributed by atoms with van der Waals surface area (Å²) in [6.45, 7) is 4.70. The minimum atomic E-state index is -4.44. The summed E-state index contributed by atoms with van der Waals surface area (Å²) in [6.07, 6.45) is -3.11. The number of alkyl halides is 3. The molecule has 0 amide bonds. The molecule has 1 heterocycles. The summed E-state index contributed by atoms with van der Waals surface area (Å²) in [5.74, 6) is 0. The molecule has 0 aliphatic rings. The van der Waals surface area contributed by atoms with Crippen LogP contribution in [-0.4, -0.2) is 16.3 Å². The van der Waals surface area contributed by atoms with Gasteiger partial charge in [-0.05, 0) is 43.3 Å². The van der Waals surface area contributed by atoms with E-state index < -0.39 is 11.9 Å². The van der Waals surface area contributed by atoms with Crippen molar-refractivity contribution in [3.05, 3.63) is 46.2 Å². The van der Waals surface area contributed by atoms with Crippen LogP contribution in [0.3, 0.4) is 0 Å². The van der Waals surface area contributed by atoms with Gasteiger partial charge in [0.2, 0.25) is 0 Å². The van der Waals surface area contributed by atoms with Crippen LogP contribution in [0.2, 0.25) is 0 Å². The molecule has 1 N–H and O–H groups in total. The van der Waals surface area contributed by atoms with Crippen LogP contribution >= 0.6 is 15.9 Å². The summed E-state index contributed by atoms with van der Waals surface area (Å²) in [4.78, 5) is 0. The number of rotatable bonds is 4. The average Bonchev–Trinajstić information content (AvgIpc) is 2.88. The molecule has 1 aromatic carbocycles. The van der Waals surface area contributed by atoms with E-state index in [2.05, 4.69) is 26.3 Å². The summed E-state index contributed by atoms with van der Waals surface area (Å²) in [5.41, 5.74) is 0.609. The van der Waals surface area contributed by atoms with E-state index in [4.69, 9.17) is 0 Å². The number of hydrogen-bond donors (Lipinski definition) is 1. The van der Waals surface area contributed by atoms with Gasteiger partial charge in [0, 0.05) is 16.7 Å². The molecular formula is C14H15BrF3N3. The maximum absolute atomic E-state index is 12.7. The Hall–Kier alpha value is -1.34. The van der Waals surface area contributed by atoms with Crippen LogP contribution in [0, 0.1) is 0 Å². The number of aromatic nitrogens is 2. The Morgan fingerprint density at radius 2 is 2.05 bits per heavy atom. The van der Waals surface area contributed by atoms with Crippen molar-refractivity contribution in [2.24, 2.45) is 0 Å². The molecule has 0 aliphatic carbocycles. The van der Waals surface area contributed by atoms with Crippen LogP contribution in [0.1, 0.15) is 31.1 Å². The normalized spacial score (nSPS) is 13.4. The maximum atomic E-state index is 12.7. The summed E-state index contributed by atoms with van der Waals surface area (Å²) < 4.78 is 40.1. The highest BCUT2D eigenvalue weighted by molar-refractivity contribution is 9.10. The third-order valence-corrected chi connectivity index (χ3v) is 3.59. The first-order valence-corrected chi connectivity index (χ1v) is 7.28. The zero-order valence-electron chi connectivity index (χ0n) is 11.6. The molecule has 1 unspecified atom stereocenters. The topological polar surface area (TPSA) is 29.9 Å². The second-order valence-corrected chi connectivity index (χ2v) is 5.54. The third-order valence-electron chi connectivity index (χ3n) is 3.09. The van der Waals surface area contributed by atoms with Gasteiger partial charge in [-0.25, -0.2) is 4.68 Å². The Bertz CT molecular complexity index is 622. The van der Waals surface area contributed by atoms with Gasteiger partial charge in [0.05, 0.1) is 5.69 Å². The first-order chi connectivity index (χ1) is 9.82. The molecule has 2 aromatic rings. The fraction of sp³-hybridized carbons (Fsp3) is 0.357. The molecule has 1 atom stereocenters. The first kappa shape index (κ1) is 16.0. The minimum absolute atomic E-state index is 0.000960. The van der Waals surface area contributed by atoms with Gasteiger partial charge in [0.1, 0.15) is 0 Å². The summed E-state index contributed by atoms with van der Waals surface area (Å²) in [5, 5.41) is 6.89. The highest BCUT2D eigenvalue weighted by Crippen LogP contribution is 2.30. The second kappa shape index (κ2) is 6.19. The monoisotopic (exact) mass is 361 g/mol. The highest BCUT2D eigenvalue weighted by Gasteiger charge is 2.33. The van der Waals surface area contributed by atoms with Gasteiger partial charge in [-0.1, -0.05) is 22.9 Å². The number of nitrogens with zero attached hydrogens (tertiary/aromatic N) is 2. The minimum Gasteiger partial charge on any atom is -0.310 e. The van der Waals surface area contributed by atoms with Crippen LogP contribution in [0.4, 0.5) is 13.2 Å². The van der Waals surface area contributed by atoms with Crippen molar-refractivity contribution >= 4 is 15.9 Å². The molecule has 0 saturated heterocycles. The van der Waals surface area contributed by atoms with Crippen LogP contribution in [0.25, 0.3) is 5.69 Å². The quantitative estimate of drug-likeness (QED) is 0.878. The van der Waals surface area contributed by atoms with Crippen molar-refractivity contribution in [3.63, 3.8) is 0 Å². The summed E-state index contributed by atoms with van der Waals surface area (Å²) in [7, 11) is 0. The Kier molecular flexibility index (Phi) is 4.73. The fourth-order valence-corrected chi connectivity index (χ4v) is 2.49. The molecular weight excluding hydrogens is 347 g/mol. The van der Waals surface area contributed by atoms with Crippen LogP contribution in [0.5, 0.6) is 0 Å². The smallest absolute Gasteiger partial charge is 0.310 e. The SMILES string of the molecule is CCNC(C)c1cc(Br)ccc1-n1ccc(C(F)(F)F)n1. The lowest BCUT2D eigenvalue weighted by Crippen LogP contribution is -2.19. The van der Waals surface area contributed by atoms with Crippen LogP contribution < -0.4 is 5.32 Å². The largest absolute Gasteiger partial charge is 0.435 e. The predicted molar refractivity (Wildman–Crippen MR) is 78.4 cm³/mol. The number of hydrogen-bond acceptors (Lipinski definition) is 2. The van der Waals surface area contributed by atoms with Crippen molar-refractivity contribution in [2.75, 3.05) is 6.54 Å². The lowest BCUT2D eigenvalue weighted by Gasteiger charge is -2.17. The van der Waals surface area contributed by atoms with Crippen molar-refractivity contribution in [3.8, 4) is 5.69 Å². The van der Waals surface area contributed by atoms with E-state index >= 15 is 0 Å². The molecule has 0 spiro atoms. The van der Waals surface area contributed by atoms with E-state index in [1.54, 1.807) is 12.1 Å². The molecule has 21 heavy (non-hydrogen) atoms. The van der Waals surface area contributed by atoms with Gasteiger partial charge in [0.25, 0.3) is 0 Å². The van der Waals surface area contributed by atoms with Crippen LogP contribution in [0.15, 0.2) is 34.9 Å². The maximum Gasteiger partial charge on any atom is 0.435 e. The molecule has 2 rings (SSSR count). The Labute approximate surface area is 129 Å². The lowest BCUT2D eigenvalue weighted by molar-refractivity contribution is -0.141. The van der Waals surface area contributed by atoms with Crippen molar-refractivity contribution in [1.82, 2.24) is 15.1 Å². The van der Waals surface area contributed by atoms with Gasteiger partial charge in [0.15, 0.2) is 5.69 Å². The first-order valence-electron chi connectivity index (χ1n) is 6.49. The van der Waals surface area contributed by atoms with Crippen molar-refractivity contribution in [2.45, 2.75) is 26.1 Å². The highest BCUT2D eigenvalue weighted by atomic mass is 79.9.